The summed E-state index contributed by atoms with van der Waals surface area (Å²) in [6.07, 6.45) is 4.81. The molecule has 0 radical (unpaired) electrons. The molecule has 1 aliphatic carbocycles. The molecule has 3 rings (SSSR count). The molecule has 0 aromatic heterocycles. The minimum Gasteiger partial charge on any atom is -0.393 e. The zero-order valence-corrected chi connectivity index (χ0v) is 15.1. The standard InChI is InChI=1S/C20H30N2O3/c1-22(14-17-9-5-11-18(17)23)20(24)21-13-16-10-6-12-25-19(16)15-7-3-2-4-8-15/h2-4,7-8,16-19,23H,5-6,9-14H2,1H3,(H,21,24). The van der Waals surface area contributed by atoms with Crippen molar-refractivity contribution in [2.45, 2.75) is 44.3 Å². The van der Waals surface area contributed by atoms with Crippen LogP contribution in [0, 0.1) is 11.8 Å². The smallest absolute Gasteiger partial charge is 0.317 e. The third kappa shape index (κ3) is 4.73. The summed E-state index contributed by atoms with van der Waals surface area (Å²) in [7, 11) is 1.81. The van der Waals surface area contributed by atoms with Crippen LogP contribution in [0.3, 0.4) is 0 Å². The van der Waals surface area contributed by atoms with Crippen LogP contribution in [0.25, 0.3) is 0 Å². The Morgan fingerprint density at radius 2 is 1.96 bits per heavy atom. The average molecular weight is 346 g/mol. The Labute approximate surface area is 150 Å². The van der Waals surface area contributed by atoms with Crippen LogP contribution in [0.4, 0.5) is 4.79 Å². The Bertz CT molecular complexity index is 551. The van der Waals surface area contributed by atoms with Crippen molar-refractivity contribution in [3.05, 3.63) is 35.9 Å². The van der Waals surface area contributed by atoms with Crippen molar-refractivity contribution in [1.82, 2.24) is 10.2 Å². The number of rotatable bonds is 5. The van der Waals surface area contributed by atoms with Gasteiger partial charge in [-0.2, -0.15) is 0 Å². The van der Waals surface area contributed by atoms with Crippen LogP contribution >= 0.6 is 0 Å². The molecule has 0 bridgehead atoms. The van der Waals surface area contributed by atoms with Gasteiger partial charge in [-0.3, -0.25) is 0 Å². The molecule has 25 heavy (non-hydrogen) atoms. The number of hydrogen-bond donors (Lipinski definition) is 2. The zero-order chi connectivity index (χ0) is 17.6. The molecule has 2 amide bonds. The minimum atomic E-state index is -0.260. The Hall–Kier alpha value is -1.59. The summed E-state index contributed by atoms with van der Waals surface area (Å²) in [4.78, 5) is 14.1. The molecule has 4 unspecified atom stereocenters. The summed E-state index contributed by atoms with van der Waals surface area (Å²) in [6, 6.07) is 10.2. The highest BCUT2D eigenvalue weighted by Crippen LogP contribution is 2.33. The second-order valence-electron chi connectivity index (χ2n) is 7.43. The number of carbonyl (C=O) groups is 1. The lowest BCUT2D eigenvalue weighted by Crippen LogP contribution is -2.44. The van der Waals surface area contributed by atoms with E-state index in [2.05, 4.69) is 17.4 Å². The van der Waals surface area contributed by atoms with E-state index in [4.69, 9.17) is 4.74 Å². The van der Waals surface area contributed by atoms with Gasteiger partial charge in [-0.05, 0) is 31.2 Å². The normalized spacial score (nSPS) is 29.4. The van der Waals surface area contributed by atoms with E-state index >= 15 is 0 Å². The van der Waals surface area contributed by atoms with Crippen molar-refractivity contribution in [2.75, 3.05) is 26.7 Å². The van der Waals surface area contributed by atoms with Crippen LogP contribution in [-0.2, 0) is 4.74 Å². The molecule has 138 valence electrons. The van der Waals surface area contributed by atoms with Gasteiger partial charge in [-0.1, -0.05) is 36.8 Å². The molecular formula is C20H30N2O3. The number of carbonyl (C=O) groups excluding carboxylic acids is 1. The van der Waals surface area contributed by atoms with Gasteiger partial charge in [0.1, 0.15) is 0 Å². The molecule has 2 fully saturated rings. The monoisotopic (exact) mass is 346 g/mol. The van der Waals surface area contributed by atoms with Gasteiger partial charge < -0.3 is 20.1 Å². The number of benzene rings is 1. The first-order valence-corrected chi connectivity index (χ1v) is 9.48. The number of nitrogens with one attached hydrogen (secondary N) is 1. The topological polar surface area (TPSA) is 61.8 Å². The van der Waals surface area contributed by atoms with Crippen LogP contribution in [0.2, 0.25) is 0 Å². The van der Waals surface area contributed by atoms with E-state index in [-0.39, 0.29) is 24.2 Å². The Morgan fingerprint density at radius 1 is 1.20 bits per heavy atom. The van der Waals surface area contributed by atoms with E-state index in [1.807, 2.05) is 25.2 Å². The van der Waals surface area contributed by atoms with Crippen molar-refractivity contribution in [2.24, 2.45) is 11.8 Å². The van der Waals surface area contributed by atoms with Gasteiger partial charge in [0.05, 0.1) is 12.2 Å². The van der Waals surface area contributed by atoms with Gasteiger partial charge in [-0.25, -0.2) is 4.79 Å². The Morgan fingerprint density at radius 3 is 2.68 bits per heavy atom. The van der Waals surface area contributed by atoms with Crippen LogP contribution in [-0.4, -0.2) is 48.9 Å². The lowest BCUT2D eigenvalue weighted by atomic mass is 9.89. The fraction of sp³-hybridized carbons (Fsp3) is 0.650. The van der Waals surface area contributed by atoms with Gasteiger partial charge in [0, 0.05) is 38.6 Å². The first kappa shape index (κ1) is 18.2. The number of hydrogen-bond acceptors (Lipinski definition) is 3. The molecule has 1 heterocycles. The van der Waals surface area contributed by atoms with E-state index in [9.17, 15) is 9.90 Å². The maximum absolute atomic E-state index is 12.4. The Kier molecular flexibility index (Phi) is 6.32. The number of amides is 2. The van der Waals surface area contributed by atoms with Crippen molar-refractivity contribution in [3.8, 4) is 0 Å². The highest BCUT2D eigenvalue weighted by atomic mass is 16.5. The quantitative estimate of drug-likeness (QED) is 0.862. The second kappa shape index (κ2) is 8.68. The number of aliphatic hydroxyl groups excluding tert-OH is 1. The van der Waals surface area contributed by atoms with E-state index in [0.717, 1.165) is 38.7 Å². The van der Waals surface area contributed by atoms with Crippen molar-refractivity contribution >= 4 is 6.03 Å². The summed E-state index contributed by atoms with van der Waals surface area (Å²) >= 11 is 0. The summed E-state index contributed by atoms with van der Waals surface area (Å²) in [5.41, 5.74) is 1.18. The van der Waals surface area contributed by atoms with Gasteiger partial charge in [0.15, 0.2) is 0 Å². The van der Waals surface area contributed by atoms with Gasteiger partial charge in [0.25, 0.3) is 0 Å². The fourth-order valence-electron chi connectivity index (χ4n) is 4.08. The highest BCUT2D eigenvalue weighted by Gasteiger charge is 2.30. The first-order chi connectivity index (χ1) is 12.1. The predicted octanol–water partition coefficient (Wildman–Crippen LogP) is 2.96. The average Bonchev–Trinajstić information content (AvgIpc) is 3.05. The van der Waals surface area contributed by atoms with Gasteiger partial charge in [-0.15, -0.1) is 0 Å². The molecule has 1 aromatic carbocycles. The van der Waals surface area contributed by atoms with Gasteiger partial charge in [0.2, 0.25) is 0 Å². The summed E-state index contributed by atoms with van der Waals surface area (Å²) in [5, 5.41) is 13.0. The zero-order valence-electron chi connectivity index (χ0n) is 15.1. The van der Waals surface area contributed by atoms with Crippen LogP contribution in [0.5, 0.6) is 0 Å². The first-order valence-electron chi connectivity index (χ1n) is 9.48. The number of nitrogens with zero attached hydrogens (tertiary/aromatic N) is 1. The van der Waals surface area contributed by atoms with Gasteiger partial charge >= 0.3 is 6.03 Å². The van der Waals surface area contributed by atoms with E-state index in [0.29, 0.717) is 19.0 Å². The molecule has 1 aliphatic heterocycles. The van der Waals surface area contributed by atoms with Crippen molar-refractivity contribution in [1.29, 1.82) is 0 Å². The fourth-order valence-corrected chi connectivity index (χ4v) is 4.08. The molecule has 5 heteroatoms. The second-order valence-corrected chi connectivity index (χ2v) is 7.43. The SMILES string of the molecule is CN(CC1CCCC1O)C(=O)NCC1CCCOC1c1ccccc1. The third-order valence-corrected chi connectivity index (χ3v) is 5.56. The lowest BCUT2D eigenvalue weighted by molar-refractivity contribution is -0.0271. The third-order valence-electron chi connectivity index (χ3n) is 5.56. The molecule has 1 saturated carbocycles. The van der Waals surface area contributed by atoms with E-state index < -0.39 is 0 Å². The maximum Gasteiger partial charge on any atom is 0.317 e. The molecule has 2 aliphatic rings. The molecule has 0 spiro atoms. The maximum atomic E-state index is 12.4. The molecule has 1 aromatic rings. The molecule has 1 saturated heterocycles. The molecule has 4 atom stereocenters. The molecule has 2 N–H and O–H groups in total. The highest BCUT2D eigenvalue weighted by molar-refractivity contribution is 5.73. The van der Waals surface area contributed by atoms with E-state index in [1.165, 1.54) is 5.56 Å². The summed E-state index contributed by atoms with van der Waals surface area (Å²) < 4.78 is 5.99. The predicted molar refractivity (Wildman–Crippen MR) is 97.2 cm³/mol. The van der Waals surface area contributed by atoms with Crippen molar-refractivity contribution in [3.63, 3.8) is 0 Å². The van der Waals surface area contributed by atoms with Crippen LogP contribution < -0.4 is 5.32 Å². The van der Waals surface area contributed by atoms with E-state index in [1.54, 1.807) is 4.90 Å². The Balaban J connectivity index is 1.51. The molecule has 5 nitrogen and oxygen atoms in total. The number of ether oxygens (including phenoxy) is 1. The lowest BCUT2D eigenvalue weighted by Gasteiger charge is -2.33. The van der Waals surface area contributed by atoms with Crippen molar-refractivity contribution < 1.29 is 14.6 Å². The largest absolute Gasteiger partial charge is 0.393 e. The number of aliphatic hydroxyl groups is 1. The molecular weight excluding hydrogens is 316 g/mol. The van der Waals surface area contributed by atoms with Crippen LogP contribution in [0.15, 0.2) is 30.3 Å². The summed E-state index contributed by atoms with van der Waals surface area (Å²) in [6.45, 7) is 2.02. The van der Waals surface area contributed by atoms with Crippen LogP contribution in [0.1, 0.15) is 43.8 Å². The summed E-state index contributed by atoms with van der Waals surface area (Å²) in [5.74, 6) is 0.511. The number of urea groups is 1. The minimum absolute atomic E-state index is 0.0530.